The number of nitrogens with one attached hydrogen (secondary N) is 1. The van der Waals surface area contributed by atoms with Crippen molar-refractivity contribution < 1.29 is 8.42 Å². The number of nitrogens with zero attached hydrogens (tertiary/aromatic N) is 3. The van der Waals surface area contributed by atoms with E-state index < -0.39 is 9.84 Å². The summed E-state index contributed by atoms with van der Waals surface area (Å²) in [6.07, 6.45) is 5.81. The van der Waals surface area contributed by atoms with Gasteiger partial charge in [-0.05, 0) is 55.7 Å². The largest absolute Gasteiger partial charge is 0.372 e. The second kappa shape index (κ2) is 11.0. The molecule has 1 heterocycles. The van der Waals surface area contributed by atoms with Crippen LogP contribution < -0.4 is 10.2 Å². The Morgan fingerprint density at radius 1 is 1.17 bits per heavy atom. The minimum Gasteiger partial charge on any atom is -0.372 e. The molecule has 6 nitrogen and oxygen atoms in total. The van der Waals surface area contributed by atoms with E-state index in [4.69, 9.17) is 4.99 Å². The molecule has 0 radical (unpaired) electrons. The summed E-state index contributed by atoms with van der Waals surface area (Å²) in [4.78, 5) is 9.41. The first-order valence-corrected chi connectivity index (χ1v) is 13.2. The third-order valence-corrected chi connectivity index (χ3v) is 6.53. The number of sulfone groups is 1. The monoisotopic (exact) mass is 436 g/mol. The fourth-order valence-electron chi connectivity index (χ4n) is 3.61. The molecule has 7 heteroatoms. The van der Waals surface area contributed by atoms with Crippen LogP contribution in [-0.4, -0.2) is 64.5 Å². The smallest absolute Gasteiger partial charge is 0.193 e. The molecule has 1 N–H and O–H groups in total. The molecule has 30 heavy (non-hydrogen) atoms. The van der Waals surface area contributed by atoms with E-state index in [1.54, 1.807) is 0 Å². The summed E-state index contributed by atoms with van der Waals surface area (Å²) >= 11 is 0. The van der Waals surface area contributed by atoms with Gasteiger partial charge in [0.25, 0.3) is 0 Å². The number of benzene rings is 1. The Morgan fingerprint density at radius 3 is 2.37 bits per heavy atom. The van der Waals surface area contributed by atoms with E-state index in [0.29, 0.717) is 13.0 Å². The quantitative estimate of drug-likeness (QED) is 0.474. The summed E-state index contributed by atoms with van der Waals surface area (Å²) in [5, 5.41) is 3.36. The van der Waals surface area contributed by atoms with Crippen molar-refractivity contribution >= 4 is 21.5 Å². The molecule has 1 aliphatic heterocycles. The first kappa shape index (κ1) is 24.5. The van der Waals surface area contributed by atoms with Crippen molar-refractivity contribution in [2.24, 2.45) is 10.4 Å². The number of hydrogen-bond donors (Lipinski definition) is 1. The van der Waals surface area contributed by atoms with E-state index >= 15 is 0 Å². The van der Waals surface area contributed by atoms with Gasteiger partial charge in [-0.2, -0.15) is 0 Å². The highest BCUT2D eigenvalue weighted by Gasteiger charge is 2.21. The average molecular weight is 437 g/mol. The molecule has 1 aromatic rings. The molecule has 0 spiro atoms. The molecule has 1 fully saturated rings. The molecule has 2 rings (SSSR count). The van der Waals surface area contributed by atoms with Gasteiger partial charge in [0.15, 0.2) is 5.96 Å². The van der Waals surface area contributed by atoms with Crippen molar-refractivity contribution in [1.29, 1.82) is 0 Å². The van der Waals surface area contributed by atoms with Crippen LogP contribution in [-0.2, 0) is 16.4 Å². The van der Waals surface area contributed by atoms with Crippen LogP contribution in [0.2, 0.25) is 0 Å². The van der Waals surface area contributed by atoms with Gasteiger partial charge in [0.2, 0.25) is 0 Å². The van der Waals surface area contributed by atoms with Crippen LogP contribution in [0, 0.1) is 5.41 Å². The predicted molar refractivity (Wildman–Crippen MR) is 128 cm³/mol. The van der Waals surface area contributed by atoms with Crippen molar-refractivity contribution in [2.45, 2.75) is 53.0 Å². The lowest BCUT2D eigenvalue weighted by Gasteiger charge is -2.29. The normalized spacial score (nSPS) is 15.9. The van der Waals surface area contributed by atoms with Crippen LogP contribution in [0.1, 0.15) is 52.0 Å². The molecular formula is C23H40N4O2S. The topological polar surface area (TPSA) is 65.0 Å². The molecule has 1 saturated heterocycles. The van der Waals surface area contributed by atoms with Gasteiger partial charge >= 0.3 is 0 Å². The van der Waals surface area contributed by atoms with Gasteiger partial charge in [0.05, 0.1) is 5.75 Å². The van der Waals surface area contributed by atoms with Crippen molar-refractivity contribution in [3.63, 3.8) is 0 Å². The Hall–Kier alpha value is -1.76. The maximum Gasteiger partial charge on any atom is 0.193 e. The number of piperidine rings is 1. The summed E-state index contributed by atoms with van der Waals surface area (Å²) in [5.74, 6) is 1.05. The Kier molecular flexibility index (Phi) is 9.01. The van der Waals surface area contributed by atoms with Gasteiger partial charge < -0.3 is 15.1 Å². The standard InChI is InChI=1S/C23H40N4O2S/c1-6-24-22(25-19-23(2,3)14-17-30(5,28)29)26(4)18-20-10-12-21(13-11-20)27-15-8-7-9-16-27/h10-13H,6-9,14-19H2,1-5H3,(H,24,25). The fourth-order valence-corrected chi connectivity index (χ4v) is 4.54. The Morgan fingerprint density at radius 2 is 1.80 bits per heavy atom. The van der Waals surface area contributed by atoms with Crippen molar-refractivity contribution in [3.8, 4) is 0 Å². The lowest BCUT2D eigenvalue weighted by atomic mass is 9.90. The van der Waals surface area contributed by atoms with Gasteiger partial charge in [0, 0.05) is 51.7 Å². The summed E-state index contributed by atoms with van der Waals surface area (Å²) in [6, 6.07) is 8.87. The van der Waals surface area contributed by atoms with Crippen LogP contribution in [0.3, 0.4) is 0 Å². The lowest BCUT2D eigenvalue weighted by molar-refractivity contribution is 0.361. The second-order valence-corrected chi connectivity index (χ2v) is 11.5. The molecule has 170 valence electrons. The van der Waals surface area contributed by atoms with Gasteiger partial charge in [-0.3, -0.25) is 4.99 Å². The lowest BCUT2D eigenvalue weighted by Crippen LogP contribution is -2.39. The van der Waals surface area contributed by atoms with Crippen LogP contribution in [0.15, 0.2) is 29.3 Å². The second-order valence-electron chi connectivity index (χ2n) is 9.28. The van der Waals surface area contributed by atoms with Crippen LogP contribution in [0.25, 0.3) is 0 Å². The zero-order valence-electron chi connectivity index (χ0n) is 19.4. The maximum atomic E-state index is 11.5. The molecule has 1 aromatic carbocycles. The Labute approximate surface area is 183 Å². The zero-order chi connectivity index (χ0) is 22.2. The van der Waals surface area contributed by atoms with Crippen molar-refractivity contribution in [2.75, 3.05) is 50.1 Å². The fraction of sp³-hybridized carbons (Fsp3) is 0.696. The number of aliphatic imine (C=N–C) groups is 1. The molecule has 0 atom stereocenters. The zero-order valence-corrected chi connectivity index (χ0v) is 20.3. The Bertz CT molecular complexity index is 782. The first-order valence-electron chi connectivity index (χ1n) is 11.1. The van der Waals surface area contributed by atoms with Crippen molar-refractivity contribution in [3.05, 3.63) is 29.8 Å². The van der Waals surface area contributed by atoms with E-state index in [9.17, 15) is 8.42 Å². The molecule has 0 aromatic heterocycles. The Balaban J connectivity index is 1.98. The van der Waals surface area contributed by atoms with Crippen LogP contribution in [0.4, 0.5) is 5.69 Å². The minimum absolute atomic E-state index is 0.166. The number of hydrogen-bond acceptors (Lipinski definition) is 4. The molecule has 1 aliphatic rings. The highest BCUT2D eigenvalue weighted by molar-refractivity contribution is 7.90. The molecule has 0 bridgehead atoms. The molecular weight excluding hydrogens is 396 g/mol. The minimum atomic E-state index is -2.95. The number of guanidine groups is 1. The first-order chi connectivity index (χ1) is 14.1. The van der Waals surface area contributed by atoms with Crippen LogP contribution >= 0.6 is 0 Å². The van der Waals surface area contributed by atoms with E-state index in [0.717, 1.165) is 32.1 Å². The van der Waals surface area contributed by atoms with E-state index in [1.807, 2.05) is 7.05 Å². The summed E-state index contributed by atoms with van der Waals surface area (Å²) in [5.41, 5.74) is 2.40. The molecule has 0 amide bonds. The number of rotatable bonds is 9. The maximum absolute atomic E-state index is 11.5. The van der Waals surface area contributed by atoms with Gasteiger partial charge in [-0.25, -0.2) is 8.42 Å². The van der Waals surface area contributed by atoms with Crippen LogP contribution in [0.5, 0.6) is 0 Å². The number of anilines is 1. The summed E-state index contributed by atoms with van der Waals surface area (Å²) in [6.45, 7) is 10.7. The molecule has 0 unspecified atom stereocenters. The summed E-state index contributed by atoms with van der Waals surface area (Å²) in [7, 11) is -0.908. The molecule has 0 aliphatic carbocycles. The highest BCUT2D eigenvalue weighted by Crippen LogP contribution is 2.22. The molecule has 0 saturated carbocycles. The van der Waals surface area contributed by atoms with Gasteiger partial charge in [-0.15, -0.1) is 0 Å². The third kappa shape index (κ3) is 8.54. The predicted octanol–water partition coefficient (Wildman–Crippen LogP) is 3.54. The SMILES string of the molecule is CCNC(=NCC(C)(C)CCS(C)(=O)=O)N(C)Cc1ccc(N2CCCCC2)cc1. The van der Waals surface area contributed by atoms with E-state index in [-0.39, 0.29) is 11.2 Å². The van der Waals surface area contributed by atoms with Gasteiger partial charge in [0.1, 0.15) is 9.84 Å². The third-order valence-electron chi connectivity index (χ3n) is 5.58. The average Bonchev–Trinajstić information content (AvgIpc) is 2.70. The van der Waals surface area contributed by atoms with E-state index in [2.05, 4.69) is 60.2 Å². The van der Waals surface area contributed by atoms with E-state index in [1.165, 1.54) is 36.8 Å². The summed E-state index contributed by atoms with van der Waals surface area (Å²) < 4.78 is 23.0. The highest BCUT2D eigenvalue weighted by atomic mass is 32.2. The van der Waals surface area contributed by atoms with Crippen molar-refractivity contribution in [1.82, 2.24) is 10.2 Å². The van der Waals surface area contributed by atoms with Gasteiger partial charge in [-0.1, -0.05) is 26.0 Å².